The lowest BCUT2D eigenvalue weighted by Crippen LogP contribution is -2.43. The van der Waals surface area contributed by atoms with Crippen molar-refractivity contribution in [2.45, 2.75) is 20.0 Å². The standard InChI is InChI=1S/C23H20F3N9O2/c1-12-4-19-14(8-32(2)30-19)6-18(12)28-21-29-22(36)35(10-20-27-11-33(3)31-20)23(37)34(21)9-13-5-16(25)17(26)7-15(13)24/h4-8,11H,9-10H2,1-3H3,(H,28,29,36). The number of aryl methyl sites for hydroxylation is 3. The maximum absolute atomic E-state index is 14.5. The molecule has 3 heterocycles. The van der Waals surface area contributed by atoms with Crippen LogP contribution in [0.4, 0.5) is 24.8 Å². The Balaban J connectivity index is 1.64. The fourth-order valence-corrected chi connectivity index (χ4v) is 3.91. The van der Waals surface area contributed by atoms with Crippen LogP contribution in [0.15, 0.2) is 46.4 Å². The molecule has 0 aliphatic heterocycles. The number of nitrogens with one attached hydrogen (secondary N) is 1. The Labute approximate surface area is 206 Å². The van der Waals surface area contributed by atoms with Crippen LogP contribution < -0.4 is 16.7 Å². The maximum atomic E-state index is 14.5. The van der Waals surface area contributed by atoms with Crippen LogP contribution in [0.3, 0.4) is 0 Å². The lowest BCUT2D eigenvalue weighted by atomic mass is 10.1. The zero-order chi connectivity index (χ0) is 26.4. The Morgan fingerprint density at radius 1 is 0.892 bits per heavy atom. The first-order chi connectivity index (χ1) is 17.6. The molecule has 5 rings (SSSR count). The molecular formula is C23H20F3N9O2. The van der Waals surface area contributed by atoms with E-state index in [2.05, 4.69) is 25.5 Å². The zero-order valence-corrected chi connectivity index (χ0v) is 19.9. The van der Waals surface area contributed by atoms with Crippen LogP contribution in [-0.2, 0) is 27.2 Å². The van der Waals surface area contributed by atoms with Gasteiger partial charge in [-0.1, -0.05) is 0 Å². The van der Waals surface area contributed by atoms with Crippen molar-refractivity contribution in [3.8, 4) is 0 Å². The normalized spacial score (nSPS) is 11.4. The van der Waals surface area contributed by atoms with Crippen LogP contribution in [0.2, 0.25) is 0 Å². The predicted octanol–water partition coefficient (Wildman–Crippen LogP) is 1.99. The van der Waals surface area contributed by atoms with Crippen molar-refractivity contribution in [1.82, 2.24) is 38.7 Å². The van der Waals surface area contributed by atoms with Crippen molar-refractivity contribution in [2.24, 2.45) is 14.1 Å². The number of nitrogens with zero attached hydrogens (tertiary/aromatic N) is 8. The van der Waals surface area contributed by atoms with Crippen LogP contribution in [0.25, 0.3) is 10.9 Å². The average molecular weight is 511 g/mol. The second-order valence-corrected chi connectivity index (χ2v) is 8.52. The molecule has 1 N–H and O–H groups in total. The van der Waals surface area contributed by atoms with Crippen LogP contribution in [0.1, 0.15) is 17.0 Å². The van der Waals surface area contributed by atoms with E-state index in [0.717, 1.165) is 25.6 Å². The van der Waals surface area contributed by atoms with Gasteiger partial charge in [-0.05, 0) is 30.7 Å². The third-order valence-corrected chi connectivity index (χ3v) is 5.73. The summed E-state index contributed by atoms with van der Waals surface area (Å²) in [6.07, 6.45) is 3.19. The molecule has 11 nitrogen and oxygen atoms in total. The minimum absolute atomic E-state index is 0.174. The predicted molar refractivity (Wildman–Crippen MR) is 127 cm³/mol. The third-order valence-electron chi connectivity index (χ3n) is 5.73. The second kappa shape index (κ2) is 9.04. The van der Waals surface area contributed by atoms with E-state index in [9.17, 15) is 22.8 Å². The number of rotatable bonds is 6. The number of aromatic nitrogens is 8. The molecule has 0 saturated carbocycles. The van der Waals surface area contributed by atoms with Crippen molar-refractivity contribution in [2.75, 3.05) is 5.32 Å². The minimum Gasteiger partial charge on any atom is -0.325 e. The monoisotopic (exact) mass is 511 g/mol. The van der Waals surface area contributed by atoms with Gasteiger partial charge in [0.15, 0.2) is 17.5 Å². The number of benzene rings is 2. The molecule has 37 heavy (non-hydrogen) atoms. The van der Waals surface area contributed by atoms with Gasteiger partial charge in [-0.25, -0.2) is 32.3 Å². The molecule has 0 aliphatic rings. The van der Waals surface area contributed by atoms with Crippen molar-refractivity contribution in [1.29, 1.82) is 0 Å². The van der Waals surface area contributed by atoms with Crippen LogP contribution in [0, 0.1) is 24.4 Å². The number of anilines is 2. The van der Waals surface area contributed by atoms with Gasteiger partial charge in [0.2, 0.25) is 5.95 Å². The third kappa shape index (κ3) is 4.60. The fourth-order valence-electron chi connectivity index (χ4n) is 3.91. The molecule has 0 bridgehead atoms. The number of hydrogen-bond acceptors (Lipinski definition) is 7. The quantitative estimate of drug-likeness (QED) is 0.347. The number of halogens is 3. The molecule has 0 spiro atoms. The van der Waals surface area contributed by atoms with E-state index in [1.54, 1.807) is 38.0 Å². The first-order valence-corrected chi connectivity index (χ1v) is 11.0. The highest BCUT2D eigenvalue weighted by Crippen LogP contribution is 2.25. The van der Waals surface area contributed by atoms with Gasteiger partial charge in [-0.3, -0.25) is 13.9 Å². The van der Waals surface area contributed by atoms with Gasteiger partial charge < -0.3 is 5.32 Å². The second-order valence-electron chi connectivity index (χ2n) is 8.52. The highest BCUT2D eigenvalue weighted by molar-refractivity contribution is 5.84. The van der Waals surface area contributed by atoms with E-state index in [1.807, 2.05) is 6.07 Å². The average Bonchev–Trinajstić information content (AvgIpc) is 3.40. The highest BCUT2D eigenvalue weighted by atomic mass is 19.2. The zero-order valence-electron chi connectivity index (χ0n) is 19.9. The fraction of sp³-hybridized carbons (Fsp3) is 0.217. The summed E-state index contributed by atoms with van der Waals surface area (Å²) in [4.78, 5) is 34.4. The molecule has 3 aromatic heterocycles. The lowest BCUT2D eigenvalue weighted by Gasteiger charge is -2.17. The molecule has 5 aromatic rings. The minimum atomic E-state index is -1.36. The summed E-state index contributed by atoms with van der Waals surface area (Å²) < 4.78 is 46.7. The Bertz CT molecular complexity index is 1790. The first-order valence-electron chi connectivity index (χ1n) is 11.0. The molecule has 0 unspecified atom stereocenters. The van der Waals surface area contributed by atoms with E-state index in [4.69, 9.17) is 0 Å². The maximum Gasteiger partial charge on any atom is 0.355 e. The molecule has 14 heteroatoms. The van der Waals surface area contributed by atoms with Gasteiger partial charge in [0.25, 0.3) is 0 Å². The largest absolute Gasteiger partial charge is 0.355 e. The Morgan fingerprint density at radius 2 is 1.65 bits per heavy atom. The molecular weight excluding hydrogens is 491 g/mol. The SMILES string of the molecule is Cc1cc2nn(C)cc2cc1Nc1nc(=O)n(Cc2ncn(C)n2)c(=O)n1Cc1cc(F)c(F)cc1F. The van der Waals surface area contributed by atoms with Crippen molar-refractivity contribution < 1.29 is 13.2 Å². The van der Waals surface area contributed by atoms with E-state index in [1.165, 1.54) is 11.0 Å². The van der Waals surface area contributed by atoms with Crippen molar-refractivity contribution >= 4 is 22.5 Å². The summed E-state index contributed by atoms with van der Waals surface area (Å²) in [5.74, 6) is -3.75. The topological polar surface area (TPSA) is 117 Å². The summed E-state index contributed by atoms with van der Waals surface area (Å²) in [6, 6.07) is 4.62. The summed E-state index contributed by atoms with van der Waals surface area (Å²) in [5, 5.41) is 12.2. The molecule has 0 saturated heterocycles. The summed E-state index contributed by atoms with van der Waals surface area (Å²) in [5.41, 5.74) is -0.117. The summed E-state index contributed by atoms with van der Waals surface area (Å²) >= 11 is 0. The smallest absolute Gasteiger partial charge is 0.325 e. The molecule has 190 valence electrons. The summed E-state index contributed by atoms with van der Waals surface area (Å²) in [7, 11) is 3.39. The van der Waals surface area contributed by atoms with E-state index >= 15 is 0 Å². The van der Waals surface area contributed by atoms with Gasteiger partial charge in [0.05, 0.1) is 18.6 Å². The van der Waals surface area contributed by atoms with E-state index < -0.39 is 35.4 Å². The van der Waals surface area contributed by atoms with Crippen molar-refractivity contribution in [3.05, 3.63) is 92.2 Å². The van der Waals surface area contributed by atoms with Crippen LogP contribution in [0.5, 0.6) is 0 Å². The van der Waals surface area contributed by atoms with E-state index in [-0.39, 0.29) is 23.9 Å². The Kier molecular flexibility index (Phi) is 5.85. The van der Waals surface area contributed by atoms with Gasteiger partial charge in [-0.2, -0.15) is 15.2 Å². The van der Waals surface area contributed by atoms with Crippen LogP contribution in [-0.4, -0.2) is 38.7 Å². The summed E-state index contributed by atoms with van der Waals surface area (Å²) in [6.45, 7) is 0.954. The van der Waals surface area contributed by atoms with Crippen LogP contribution >= 0.6 is 0 Å². The lowest BCUT2D eigenvalue weighted by molar-refractivity contribution is 0.485. The molecule has 0 radical (unpaired) electrons. The van der Waals surface area contributed by atoms with Gasteiger partial charge in [-0.15, -0.1) is 0 Å². The van der Waals surface area contributed by atoms with Gasteiger partial charge >= 0.3 is 11.4 Å². The van der Waals surface area contributed by atoms with E-state index in [0.29, 0.717) is 17.8 Å². The molecule has 0 amide bonds. The molecule has 2 aromatic carbocycles. The Hall–Kier alpha value is -4.75. The highest BCUT2D eigenvalue weighted by Gasteiger charge is 2.19. The molecule has 0 atom stereocenters. The number of hydrogen-bond donors (Lipinski definition) is 1. The Morgan fingerprint density at radius 3 is 2.38 bits per heavy atom. The number of fused-ring (bicyclic) bond motifs is 1. The van der Waals surface area contributed by atoms with Gasteiger partial charge in [0.1, 0.15) is 12.1 Å². The van der Waals surface area contributed by atoms with Gasteiger partial charge in [0, 0.05) is 43.0 Å². The molecule has 0 fully saturated rings. The van der Waals surface area contributed by atoms with Crippen molar-refractivity contribution in [3.63, 3.8) is 0 Å². The molecule has 0 aliphatic carbocycles. The first kappa shape index (κ1) is 24.0.